The first-order valence-electron chi connectivity index (χ1n) is 6.41. The highest BCUT2D eigenvalue weighted by Gasteiger charge is 2.25. The normalized spacial score (nSPS) is 19.6. The van der Waals surface area contributed by atoms with Gasteiger partial charge in [0.2, 0.25) is 5.95 Å². The van der Waals surface area contributed by atoms with Gasteiger partial charge in [-0.2, -0.15) is 26.8 Å². The number of nitrogens with two attached hydrogens (primary N) is 1. The zero-order valence-corrected chi connectivity index (χ0v) is 12.0. The second-order valence-electron chi connectivity index (χ2n) is 5.38. The van der Waals surface area contributed by atoms with E-state index in [1.807, 2.05) is 11.8 Å². The van der Waals surface area contributed by atoms with E-state index in [0.29, 0.717) is 16.3 Å². The smallest absolute Gasteiger partial charge is 0.224 e. The standard InChI is InChI=1S/C12H18N6S/c1-12(2)3-4-18(5-6-19-12)10-8-7-14-17-9(8)15-11(13)16-10/h7H,3-6H2,1-2H3,(H3,13,14,15,16,17). The molecule has 1 aliphatic heterocycles. The van der Waals surface area contributed by atoms with Crippen LogP contribution >= 0.6 is 11.8 Å². The lowest BCUT2D eigenvalue weighted by atomic mass is 10.1. The Hall–Kier alpha value is -1.50. The van der Waals surface area contributed by atoms with Gasteiger partial charge in [-0.05, 0) is 6.42 Å². The van der Waals surface area contributed by atoms with Gasteiger partial charge in [0.25, 0.3) is 0 Å². The van der Waals surface area contributed by atoms with E-state index in [-0.39, 0.29) is 0 Å². The summed E-state index contributed by atoms with van der Waals surface area (Å²) in [5.74, 6) is 2.29. The number of hydrogen-bond donors (Lipinski definition) is 2. The SMILES string of the molecule is CC1(C)CCN(c2nc(N)nc3[nH]ncc23)CCS1. The van der Waals surface area contributed by atoms with Gasteiger partial charge in [0, 0.05) is 23.6 Å². The Morgan fingerprint density at radius 2 is 2.21 bits per heavy atom. The molecule has 0 radical (unpaired) electrons. The van der Waals surface area contributed by atoms with Gasteiger partial charge in [-0.25, -0.2) is 0 Å². The van der Waals surface area contributed by atoms with Crippen molar-refractivity contribution in [3.05, 3.63) is 6.20 Å². The molecular weight excluding hydrogens is 260 g/mol. The van der Waals surface area contributed by atoms with E-state index in [0.717, 1.165) is 36.5 Å². The lowest BCUT2D eigenvalue weighted by Gasteiger charge is -2.23. The van der Waals surface area contributed by atoms with Gasteiger partial charge in [0.05, 0.1) is 11.6 Å². The summed E-state index contributed by atoms with van der Waals surface area (Å²) in [4.78, 5) is 10.9. The fourth-order valence-corrected chi connectivity index (χ4v) is 3.41. The third-order valence-electron chi connectivity index (χ3n) is 3.44. The van der Waals surface area contributed by atoms with E-state index >= 15 is 0 Å². The number of anilines is 2. The van der Waals surface area contributed by atoms with Crippen LogP contribution < -0.4 is 10.6 Å². The molecule has 0 unspecified atom stereocenters. The van der Waals surface area contributed by atoms with Gasteiger partial charge < -0.3 is 10.6 Å². The Labute approximate surface area is 116 Å². The molecular formula is C12H18N6S. The zero-order valence-electron chi connectivity index (χ0n) is 11.2. The lowest BCUT2D eigenvalue weighted by molar-refractivity contribution is 0.636. The highest BCUT2D eigenvalue weighted by atomic mass is 32.2. The highest BCUT2D eigenvalue weighted by molar-refractivity contribution is 8.00. The summed E-state index contributed by atoms with van der Waals surface area (Å²) in [6.45, 7) is 6.55. The molecule has 6 nitrogen and oxygen atoms in total. The molecule has 1 saturated heterocycles. The summed E-state index contributed by atoms with van der Waals surface area (Å²) >= 11 is 2.01. The van der Waals surface area contributed by atoms with Crippen molar-refractivity contribution in [3.8, 4) is 0 Å². The molecule has 3 rings (SSSR count). The van der Waals surface area contributed by atoms with Crippen LogP contribution in [0.4, 0.5) is 11.8 Å². The average molecular weight is 278 g/mol. The minimum Gasteiger partial charge on any atom is -0.368 e. The van der Waals surface area contributed by atoms with Crippen LogP contribution in [0, 0.1) is 0 Å². The maximum absolute atomic E-state index is 5.78. The van der Waals surface area contributed by atoms with Crippen LogP contribution in [0.2, 0.25) is 0 Å². The molecule has 3 heterocycles. The summed E-state index contributed by atoms with van der Waals surface area (Å²) in [6.07, 6.45) is 2.90. The van der Waals surface area contributed by atoms with Gasteiger partial charge in [-0.15, -0.1) is 0 Å². The molecule has 0 amide bonds. The monoisotopic (exact) mass is 278 g/mol. The predicted octanol–water partition coefficient (Wildman–Crippen LogP) is 1.66. The van der Waals surface area contributed by atoms with Gasteiger partial charge in [0.1, 0.15) is 5.82 Å². The zero-order chi connectivity index (χ0) is 13.5. The van der Waals surface area contributed by atoms with Crippen molar-refractivity contribution in [2.45, 2.75) is 25.0 Å². The molecule has 102 valence electrons. The van der Waals surface area contributed by atoms with Crippen LogP contribution in [0.15, 0.2) is 6.20 Å². The number of aromatic nitrogens is 4. The van der Waals surface area contributed by atoms with Crippen LogP contribution in [-0.2, 0) is 0 Å². The first-order chi connectivity index (χ1) is 9.05. The molecule has 0 bridgehead atoms. The Morgan fingerprint density at radius 3 is 3.05 bits per heavy atom. The quantitative estimate of drug-likeness (QED) is 0.825. The molecule has 19 heavy (non-hydrogen) atoms. The van der Waals surface area contributed by atoms with E-state index in [9.17, 15) is 0 Å². The summed E-state index contributed by atoms with van der Waals surface area (Å²) in [7, 11) is 0. The van der Waals surface area contributed by atoms with Crippen LogP contribution in [0.25, 0.3) is 11.0 Å². The maximum Gasteiger partial charge on any atom is 0.224 e. The van der Waals surface area contributed by atoms with Gasteiger partial charge in [0.15, 0.2) is 5.65 Å². The number of hydrogen-bond acceptors (Lipinski definition) is 6. The molecule has 0 saturated carbocycles. The fourth-order valence-electron chi connectivity index (χ4n) is 2.31. The van der Waals surface area contributed by atoms with Crippen LogP contribution in [0.5, 0.6) is 0 Å². The molecule has 1 fully saturated rings. The molecule has 0 aromatic carbocycles. The van der Waals surface area contributed by atoms with Crippen molar-refractivity contribution < 1.29 is 0 Å². The fraction of sp³-hybridized carbons (Fsp3) is 0.583. The Balaban J connectivity index is 1.97. The number of rotatable bonds is 1. The Kier molecular flexibility index (Phi) is 3.00. The first kappa shape index (κ1) is 12.5. The number of nitrogen functional groups attached to an aromatic ring is 1. The van der Waals surface area contributed by atoms with Crippen molar-refractivity contribution in [2.75, 3.05) is 29.5 Å². The second-order valence-corrected chi connectivity index (χ2v) is 7.18. The minimum atomic E-state index is 0.294. The number of aromatic amines is 1. The molecule has 0 aliphatic carbocycles. The molecule has 7 heteroatoms. The number of fused-ring (bicyclic) bond motifs is 1. The van der Waals surface area contributed by atoms with Gasteiger partial charge in [-0.1, -0.05) is 13.8 Å². The molecule has 2 aromatic rings. The van der Waals surface area contributed by atoms with E-state index in [1.54, 1.807) is 6.20 Å². The van der Waals surface area contributed by atoms with Crippen molar-refractivity contribution in [3.63, 3.8) is 0 Å². The van der Waals surface area contributed by atoms with Crippen molar-refractivity contribution in [2.24, 2.45) is 0 Å². The number of H-pyrrole nitrogens is 1. The maximum atomic E-state index is 5.78. The summed E-state index contributed by atoms with van der Waals surface area (Å²) in [5, 5.41) is 7.84. The highest BCUT2D eigenvalue weighted by Crippen LogP contribution is 2.33. The average Bonchev–Trinajstić information content (AvgIpc) is 2.72. The Bertz CT molecular complexity index is 593. The van der Waals surface area contributed by atoms with Crippen LogP contribution in [-0.4, -0.2) is 43.8 Å². The van der Waals surface area contributed by atoms with Gasteiger partial charge >= 0.3 is 0 Å². The largest absolute Gasteiger partial charge is 0.368 e. The summed E-state index contributed by atoms with van der Waals surface area (Å²) in [5.41, 5.74) is 6.49. The Morgan fingerprint density at radius 1 is 1.37 bits per heavy atom. The first-order valence-corrected chi connectivity index (χ1v) is 7.39. The van der Waals surface area contributed by atoms with E-state index in [1.165, 1.54) is 0 Å². The predicted molar refractivity (Wildman–Crippen MR) is 79.5 cm³/mol. The summed E-state index contributed by atoms with van der Waals surface area (Å²) < 4.78 is 0.322. The topological polar surface area (TPSA) is 83.7 Å². The minimum absolute atomic E-state index is 0.294. The molecule has 1 aliphatic rings. The third kappa shape index (κ3) is 2.47. The van der Waals surface area contributed by atoms with Crippen LogP contribution in [0.1, 0.15) is 20.3 Å². The van der Waals surface area contributed by atoms with E-state index in [4.69, 9.17) is 5.73 Å². The molecule has 3 N–H and O–H groups in total. The van der Waals surface area contributed by atoms with E-state index in [2.05, 4.69) is 38.9 Å². The number of nitrogens with one attached hydrogen (secondary N) is 1. The van der Waals surface area contributed by atoms with Crippen molar-refractivity contribution in [1.29, 1.82) is 0 Å². The van der Waals surface area contributed by atoms with Crippen molar-refractivity contribution in [1.82, 2.24) is 20.2 Å². The molecule has 0 spiro atoms. The van der Waals surface area contributed by atoms with E-state index < -0.39 is 0 Å². The second kappa shape index (κ2) is 4.56. The van der Waals surface area contributed by atoms with Crippen LogP contribution in [0.3, 0.4) is 0 Å². The molecule has 2 aromatic heterocycles. The van der Waals surface area contributed by atoms with Crippen molar-refractivity contribution >= 4 is 34.6 Å². The molecule has 0 atom stereocenters. The summed E-state index contributed by atoms with van der Waals surface area (Å²) in [6, 6.07) is 0. The number of thioether (sulfide) groups is 1. The lowest BCUT2D eigenvalue weighted by Crippen LogP contribution is -2.28. The number of nitrogens with zero attached hydrogens (tertiary/aromatic N) is 4. The third-order valence-corrected chi connectivity index (χ3v) is 4.82. The van der Waals surface area contributed by atoms with Gasteiger partial charge in [-0.3, -0.25) is 5.10 Å².